The summed E-state index contributed by atoms with van der Waals surface area (Å²) in [6.07, 6.45) is -1.95. The fourth-order valence-electron chi connectivity index (χ4n) is 1.27. The van der Waals surface area contributed by atoms with Crippen molar-refractivity contribution in [2.24, 2.45) is 0 Å². The molecule has 3 N–H and O–H groups in total. The first-order valence-corrected chi connectivity index (χ1v) is 7.87. The Balaban J connectivity index is 2.81. The molecule has 0 saturated heterocycles. The third kappa shape index (κ3) is 6.02. The molecule has 0 bridgehead atoms. The monoisotopic (exact) mass is 423 g/mol. The third-order valence-electron chi connectivity index (χ3n) is 2.25. The molecule has 1 atom stereocenters. The van der Waals surface area contributed by atoms with Gasteiger partial charge in [-0.25, -0.2) is 4.79 Å². The van der Waals surface area contributed by atoms with Crippen LogP contribution in [-0.2, 0) is 4.74 Å². The summed E-state index contributed by atoms with van der Waals surface area (Å²) in [6, 6.07) is 4.92. The molecule has 11 heteroatoms. The maximum absolute atomic E-state index is 11.3. The van der Waals surface area contributed by atoms with Crippen LogP contribution in [0.1, 0.15) is 0 Å². The van der Waals surface area contributed by atoms with Crippen molar-refractivity contribution in [1.82, 2.24) is 10.6 Å². The average molecular weight is 426 g/mol. The molecule has 1 aromatic carbocycles. The normalized spacial score (nSPS) is 12.3. The number of carbonyl (C=O) groups is 1. The number of rotatable bonds is 3. The third-order valence-corrected chi connectivity index (χ3v) is 3.76. The van der Waals surface area contributed by atoms with Crippen LogP contribution in [0.25, 0.3) is 0 Å². The van der Waals surface area contributed by atoms with E-state index in [0.29, 0.717) is 15.7 Å². The van der Waals surface area contributed by atoms with Gasteiger partial charge in [-0.15, -0.1) is 0 Å². The van der Waals surface area contributed by atoms with Crippen LogP contribution in [0.3, 0.4) is 0 Å². The fraction of sp³-hybridized carbons (Fsp3) is 0.273. The maximum Gasteiger partial charge on any atom is 0.408 e. The molecule has 0 heterocycles. The number of alkyl carbamates (subject to hydrolysis) is 1. The number of thiocarbonyl (C=S) groups is 1. The van der Waals surface area contributed by atoms with Gasteiger partial charge in [0, 0.05) is 0 Å². The number of methoxy groups -OCH3 is 1. The Morgan fingerprint density at radius 2 is 1.77 bits per heavy atom. The van der Waals surface area contributed by atoms with Crippen molar-refractivity contribution in [2.45, 2.75) is 9.96 Å². The second-order valence-electron chi connectivity index (χ2n) is 3.81. The standard InChI is InChI=1S/C11H10Cl5N3O2S/c1-21-10(20)19-8(11(14,15)16)18-9(22)17-7-5(12)3-2-4-6(7)13/h2-4,8H,1H3,(H,19,20)(H2,17,18,22). The SMILES string of the molecule is COC(=O)NC(NC(=S)Nc1c(Cl)cccc1Cl)C(Cl)(Cl)Cl. The minimum Gasteiger partial charge on any atom is -0.453 e. The van der Waals surface area contributed by atoms with Gasteiger partial charge < -0.3 is 15.4 Å². The molecule has 0 aliphatic carbocycles. The number of amides is 1. The van der Waals surface area contributed by atoms with Gasteiger partial charge in [0.1, 0.15) is 0 Å². The molecule has 1 rings (SSSR count). The van der Waals surface area contributed by atoms with E-state index in [1.54, 1.807) is 18.2 Å². The first-order valence-electron chi connectivity index (χ1n) is 5.58. The van der Waals surface area contributed by atoms with Crippen LogP contribution in [0, 0.1) is 0 Å². The summed E-state index contributed by atoms with van der Waals surface area (Å²) in [4.78, 5) is 11.3. The number of carbonyl (C=O) groups excluding carboxylic acids is 1. The van der Waals surface area contributed by atoms with Gasteiger partial charge in [0.05, 0.1) is 22.8 Å². The molecule has 0 spiro atoms. The second-order valence-corrected chi connectivity index (χ2v) is 7.40. The Bertz CT molecular complexity index is 547. The fourth-order valence-corrected chi connectivity index (χ4v) is 2.31. The molecule has 5 nitrogen and oxygen atoms in total. The van der Waals surface area contributed by atoms with Gasteiger partial charge in [0.25, 0.3) is 0 Å². The number of nitrogens with one attached hydrogen (secondary N) is 3. The number of benzene rings is 1. The summed E-state index contributed by atoms with van der Waals surface area (Å²) < 4.78 is 2.56. The molecule has 1 amide bonds. The summed E-state index contributed by atoms with van der Waals surface area (Å²) in [7, 11) is 1.17. The number of halogens is 5. The van der Waals surface area contributed by atoms with E-state index < -0.39 is 16.1 Å². The van der Waals surface area contributed by atoms with E-state index >= 15 is 0 Å². The zero-order valence-electron chi connectivity index (χ0n) is 10.9. The average Bonchev–Trinajstić information content (AvgIpc) is 2.41. The van der Waals surface area contributed by atoms with Crippen molar-refractivity contribution in [3.8, 4) is 0 Å². The molecular weight excluding hydrogens is 415 g/mol. The van der Waals surface area contributed by atoms with Crippen LogP contribution in [0.2, 0.25) is 10.0 Å². The van der Waals surface area contributed by atoms with Crippen LogP contribution in [0.4, 0.5) is 10.5 Å². The molecule has 122 valence electrons. The molecular formula is C11H10Cl5N3O2S. The Labute approximate surface area is 157 Å². The van der Waals surface area contributed by atoms with E-state index in [-0.39, 0.29) is 5.11 Å². The Morgan fingerprint density at radius 3 is 2.23 bits per heavy atom. The predicted octanol–water partition coefficient (Wildman–Crippen LogP) is 4.33. The van der Waals surface area contributed by atoms with Gasteiger partial charge >= 0.3 is 6.09 Å². The summed E-state index contributed by atoms with van der Waals surface area (Å²) >= 11 is 34.4. The van der Waals surface area contributed by atoms with Gasteiger partial charge in [-0.3, -0.25) is 5.32 Å². The lowest BCUT2D eigenvalue weighted by molar-refractivity contribution is 0.166. The summed E-state index contributed by atoms with van der Waals surface area (Å²) in [6.45, 7) is 0. The van der Waals surface area contributed by atoms with Crippen molar-refractivity contribution >= 4 is 87.1 Å². The second kappa shape index (κ2) is 8.47. The van der Waals surface area contributed by atoms with Crippen molar-refractivity contribution in [1.29, 1.82) is 0 Å². The minimum absolute atomic E-state index is 0.0303. The molecule has 0 aromatic heterocycles. The van der Waals surface area contributed by atoms with Crippen molar-refractivity contribution in [3.63, 3.8) is 0 Å². The van der Waals surface area contributed by atoms with E-state index in [0.717, 1.165) is 0 Å². The summed E-state index contributed by atoms with van der Waals surface area (Å²) in [5.41, 5.74) is 0.379. The highest BCUT2D eigenvalue weighted by Gasteiger charge is 2.35. The number of para-hydroxylation sites is 1. The topological polar surface area (TPSA) is 62.4 Å². The Kier molecular flexibility index (Phi) is 7.58. The van der Waals surface area contributed by atoms with E-state index in [4.69, 9.17) is 70.2 Å². The van der Waals surface area contributed by atoms with E-state index in [9.17, 15) is 4.79 Å². The highest BCUT2D eigenvalue weighted by Crippen LogP contribution is 2.31. The Hall–Kier alpha value is -0.370. The van der Waals surface area contributed by atoms with Gasteiger partial charge in [0.15, 0.2) is 11.3 Å². The molecule has 0 radical (unpaired) electrons. The summed E-state index contributed by atoms with van der Waals surface area (Å²) in [5.74, 6) is 0. The quantitative estimate of drug-likeness (QED) is 0.382. The number of alkyl halides is 3. The number of hydrogen-bond donors (Lipinski definition) is 3. The molecule has 1 unspecified atom stereocenters. The zero-order valence-corrected chi connectivity index (χ0v) is 15.5. The van der Waals surface area contributed by atoms with Crippen molar-refractivity contribution in [3.05, 3.63) is 28.2 Å². The van der Waals surface area contributed by atoms with Gasteiger partial charge in [-0.1, -0.05) is 64.1 Å². The van der Waals surface area contributed by atoms with E-state index in [1.165, 1.54) is 7.11 Å². The van der Waals surface area contributed by atoms with Gasteiger partial charge in [0.2, 0.25) is 3.79 Å². The number of anilines is 1. The van der Waals surface area contributed by atoms with E-state index in [2.05, 4.69) is 20.7 Å². The largest absolute Gasteiger partial charge is 0.453 e. The molecule has 0 aliphatic rings. The summed E-state index contributed by atoms with van der Waals surface area (Å²) in [5, 5.41) is 8.40. The number of ether oxygens (including phenoxy) is 1. The van der Waals surface area contributed by atoms with E-state index in [1.807, 2.05) is 0 Å². The molecule has 0 fully saturated rings. The van der Waals surface area contributed by atoms with Crippen LogP contribution in [-0.4, -0.2) is 28.3 Å². The first kappa shape index (κ1) is 19.7. The smallest absolute Gasteiger partial charge is 0.408 e. The van der Waals surface area contributed by atoms with Crippen LogP contribution >= 0.6 is 70.2 Å². The van der Waals surface area contributed by atoms with Crippen molar-refractivity contribution < 1.29 is 9.53 Å². The molecule has 0 saturated carbocycles. The Morgan fingerprint density at radius 1 is 1.23 bits per heavy atom. The van der Waals surface area contributed by atoms with Gasteiger partial charge in [-0.05, 0) is 24.4 Å². The molecule has 22 heavy (non-hydrogen) atoms. The minimum atomic E-state index is -1.88. The highest BCUT2D eigenvalue weighted by atomic mass is 35.6. The lowest BCUT2D eigenvalue weighted by atomic mass is 10.3. The molecule has 0 aliphatic heterocycles. The van der Waals surface area contributed by atoms with Gasteiger partial charge in [-0.2, -0.15) is 0 Å². The lowest BCUT2D eigenvalue weighted by Gasteiger charge is -2.27. The zero-order chi connectivity index (χ0) is 16.9. The number of hydrogen-bond acceptors (Lipinski definition) is 3. The van der Waals surface area contributed by atoms with Crippen LogP contribution in [0.15, 0.2) is 18.2 Å². The predicted molar refractivity (Wildman–Crippen MR) is 95.4 cm³/mol. The highest BCUT2D eigenvalue weighted by molar-refractivity contribution is 7.80. The molecule has 1 aromatic rings. The van der Waals surface area contributed by atoms with Crippen LogP contribution in [0.5, 0.6) is 0 Å². The maximum atomic E-state index is 11.3. The van der Waals surface area contributed by atoms with Crippen molar-refractivity contribution in [2.75, 3.05) is 12.4 Å². The first-order chi connectivity index (χ1) is 10.1. The lowest BCUT2D eigenvalue weighted by Crippen LogP contribution is -2.56. The van der Waals surface area contributed by atoms with Crippen LogP contribution < -0.4 is 16.0 Å².